The second kappa shape index (κ2) is 8.34. The van der Waals surface area contributed by atoms with Gasteiger partial charge in [-0.15, -0.1) is 0 Å². The number of fused-ring (bicyclic) bond motifs is 1. The zero-order valence-corrected chi connectivity index (χ0v) is 20.9. The molecule has 1 unspecified atom stereocenters. The van der Waals surface area contributed by atoms with E-state index in [0.717, 1.165) is 33.3 Å². The average molecular weight is 505 g/mol. The molecule has 4 rings (SSSR count). The van der Waals surface area contributed by atoms with E-state index in [4.69, 9.17) is 0 Å². The first-order valence-corrected chi connectivity index (χ1v) is 13.0. The van der Waals surface area contributed by atoms with E-state index in [0.29, 0.717) is 30.8 Å². The minimum atomic E-state index is -3.57. The molecule has 1 fully saturated rings. The molecule has 0 bridgehead atoms. The van der Waals surface area contributed by atoms with Gasteiger partial charge in [0.25, 0.3) is 0 Å². The van der Waals surface area contributed by atoms with Crippen LogP contribution in [0.5, 0.6) is 0 Å². The van der Waals surface area contributed by atoms with Crippen molar-refractivity contribution in [1.82, 2.24) is 4.31 Å². The van der Waals surface area contributed by atoms with Crippen LogP contribution < -0.4 is 4.90 Å². The Morgan fingerprint density at radius 3 is 2.26 bits per heavy atom. The summed E-state index contributed by atoms with van der Waals surface area (Å²) in [6, 6.07) is 10.0. The summed E-state index contributed by atoms with van der Waals surface area (Å²) >= 11 is 3.51. The number of benzene rings is 2. The maximum atomic E-state index is 13.4. The van der Waals surface area contributed by atoms with Gasteiger partial charge in [0.1, 0.15) is 0 Å². The molecule has 0 aliphatic carbocycles. The van der Waals surface area contributed by atoms with Crippen LogP contribution >= 0.6 is 15.9 Å². The highest BCUT2D eigenvalue weighted by atomic mass is 79.9. The van der Waals surface area contributed by atoms with Crippen molar-refractivity contribution in [3.05, 3.63) is 57.1 Å². The maximum absolute atomic E-state index is 13.4. The molecule has 1 saturated heterocycles. The molecule has 1 atom stereocenters. The third-order valence-corrected chi connectivity index (χ3v) is 9.20. The summed E-state index contributed by atoms with van der Waals surface area (Å²) < 4.78 is 29.3. The van der Waals surface area contributed by atoms with Crippen LogP contribution in [0.3, 0.4) is 0 Å². The molecule has 31 heavy (non-hydrogen) atoms. The summed E-state index contributed by atoms with van der Waals surface area (Å²) in [5, 5.41) is 0. The zero-order valence-electron chi connectivity index (χ0n) is 18.5. The molecule has 1 amide bonds. The van der Waals surface area contributed by atoms with Crippen LogP contribution in [0.1, 0.15) is 42.0 Å². The van der Waals surface area contributed by atoms with Crippen molar-refractivity contribution >= 4 is 37.5 Å². The first kappa shape index (κ1) is 22.5. The van der Waals surface area contributed by atoms with Gasteiger partial charge >= 0.3 is 0 Å². The Morgan fingerprint density at radius 1 is 1.03 bits per heavy atom. The predicted molar refractivity (Wildman–Crippen MR) is 127 cm³/mol. The van der Waals surface area contributed by atoms with E-state index < -0.39 is 10.0 Å². The number of halogens is 1. The lowest BCUT2D eigenvalue weighted by Gasteiger charge is -2.34. The van der Waals surface area contributed by atoms with E-state index in [1.165, 1.54) is 5.56 Å². The number of sulfonamides is 1. The van der Waals surface area contributed by atoms with Gasteiger partial charge in [-0.1, -0.05) is 33.6 Å². The topological polar surface area (TPSA) is 57.7 Å². The van der Waals surface area contributed by atoms with Gasteiger partial charge in [-0.25, -0.2) is 8.42 Å². The van der Waals surface area contributed by atoms with Crippen LogP contribution in [0.2, 0.25) is 0 Å². The van der Waals surface area contributed by atoms with E-state index in [1.807, 2.05) is 49.9 Å². The fourth-order valence-corrected chi connectivity index (χ4v) is 7.47. The summed E-state index contributed by atoms with van der Waals surface area (Å²) in [6.45, 7) is 8.52. The molecule has 0 N–H and O–H groups in total. The smallest absolute Gasteiger partial charge is 0.243 e. The number of aryl methyl sites for hydroxylation is 3. The van der Waals surface area contributed by atoms with Crippen molar-refractivity contribution in [3.8, 4) is 0 Å². The van der Waals surface area contributed by atoms with Crippen molar-refractivity contribution in [2.24, 2.45) is 5.92 Å². The number of carbonyl (C=O) groups is 1. The minimum absolute atomic E-state index is 0.119. The molecule has 5 nitrogen and oxygen atoms in total. The summed E-state index contributed by atoms with van der Waals surface area (Å²) in [5.74, 6) is -0.0305. The van der Waals surface area contributed by atoms with Crippen LogP contribution in [0, 0.1) is 26.7 Å². The molecule has 166 valence electrons. The Hall–Kier alpha value is -1.70. The second-order valence-corrected chi connectivity index (χ2v) is 11.7. The molecule has 2 heterocycles. The first-order chi connectivity index (χ1) is 14.6. The highest BCUT2D eigenvalue weighted by Gasteiger charge is 2.38. The van der Waals surface area contributed by atoms with Crippen LogP contribution in [0.4, 0.5) is 5.69 Å². The van der Waals surface area contributed by atoms with Gasteiger partial charge in [-0.05, 0) is 81.8 Å². The lowest BCUT2D eigenvalue weighted by Crippen LogP contribution is -2.46. The van der Waals surface area contributed by atoms with Gasteiger partial charge < -0.3 is 4.90 Å². The van der Waals surface area contributed by atoms with Crippen molar-refractivity contribution < 1.29 is 13.2 Å². The van der Waals surface area contributed by atoms with Crippen LogP contribution in [0.25, 0.3) is 0 Å². The Bertz CT molecular complexity index is 1110. The standard InChI is InChI=1S/C24H29BrN2O3S/c1-15-11-16(2)23(17(3)12-15)31(29,30)26-9-7-19(8-10-26)24(28)27-18(4)13-20-14-21(25)5-6-22(20)27/h5-6,11-12,14,18-19H,7-10,13H2,1-4H3. The van der Waals surface area contributed by atoms with E-state index in [1.54, 1.807) is 4.31 Å². The molecule has 2 aromatic rings. The lowest BCUT2D eigenvalue weighted by atomic mass is 9.96. The van der Waals surface area contributed by atoms with Crippen LogP contribution in [0.15, 0.2) is 39.7 Å². The van der Waals surface area contributed by atoms with Gasteiger partial charge in [-0.3, -0.25) is 4.79 Å². The largest absolute Gasteiger partial charge is 0.309 e. The van der Waals surface area contributed by atoms with E-state index in [2.05, 4.69) is 28.9 Å². The fraction of sp³-hybridized carbons (Fsp3) is 0.458. The molecular formula is C24H29BrN2O3S. The fourth-order valence-electron chi connectivity index (χ4n) is 5.18. The van der Waals surface area contributed by atoms with E-state index >= 15 is 0 Å². The van der Waals surface area contributed by atoms with Crippen molar-refractivity contribution in [1.29, 1.82) is 0 Å². The summed E-state index contributed by atoms with van der Waals surface area (Å²) in [7, 11) is -3.57. The van der Waals surface area contributed by atoms with Gasteiger partial charge in [0.05, 0.1) is 4.90 Å². The van der Waals surface area contributed by atoms with Gasteiger partial charge in [0, 0.05) is 35.2 Å². The van der Waals surface area contributed by atoms with E-state index in [9.17, 15) is 13.2 Å². The van der Waals surface area contributed by atoms with Crippen molar-refractivity contribution in [3.63, 3.8) is 0 Å². The number of anilines is 1. The third kappa shape index (κ3) is 4.08. The molecule has 0 saturated carbocycles. The number of hydrogen-bond donors (Lipinski definition) is 0. The lowest BCUT2D eigenvalue weighted by molar-refractivity contribution is -0.123. The van der Waals surface area contributed by atoms with Crippen LogP contribution in [-0.4, -0.2) is 37.8 Å². The quantitative estimate of drug-likeness (QED) is 0.605. The molecule has 0 aromatic heterocycles. The maximum Gasteiger partial charge on any atom is 0.243 e. The number of carbonyl (C=O) groups excluding carboxylic acids is 1. The normalized spacial score (nSPS) is 20.2. The monoisotopic (exact) mass is 504 g/mol. The number of nitrogens with zero attached hydrogens (tertiary/aromatic N) is 2. The highest BCUT2D eigenvalue weighted by molar-refractivity contribution is 9.10. The Morgan fingerprint density at radius 2 is 1.65 bits per heavy atom. The van der Waals surface area contributed by atoms with Gasteiger partial charge in [0.15, 0.2) is 0 Å². The number of hydrogen-bond acceptors (Lipinski definition) is 3. The third-order valence-electron chi connectivity index (χ3n) is 6.50. The number of piperidine rings is 1. The molecule has 7 heteroatoms. The molecule has 0 radical (unpaired) electrons. The van der Waals surface area contributed by atoms with Crippen molar-refractivity contribution in [2.75, 3.05) is 18.0 Å². The molecule has 2 aliphatic heterocycles. The predicted octanol–water partition coefficient (Wildman–Crippen LogP) is 4.75. The average Bonchev–Trinajstić information content (AvgIpc) is 3.01. The Balaban J connectivity index is 1.50. The Labute approximate surface area is 193 Å². The SMILES string of the molecule is Cc1cc(C)c(S(=O)(=O)N2CCC(C(=O)N3c4ccc(Br)cc4CC3C)CC2)c(C)c1. The summed E-state index contributed by atoms with van der Waals surface area (Å²) in [4.78, 5) is 15.7. The molecule has 0 spiro atoms. The Kier molecular flexibility index (Phi) is 6.05. The summed E-state index contributed by atoms with van der Waals surface area (Å²) in [5.41, 5.74) is 4.79. The van der Waals surface area contributed by atoms with Crippen LogP contribution in [-0.2, 0) is 21.2 Å². The number of rotatable bonds is 3. The van der Waals surface area contributed by atoms with Gasteiger partial charge in [0.2, 0.25) is 15.9 Å². The number of amides is 1. The zero-order chi connectivity index (χ0) is 22.5. The summed E-state index contributed by atoms with van der Waals surface area (Å²) in [6.07, 6.45) is 1.95. The van der Waals surface area contributed by atoms with E-state index in [-0.39, 0.29) is 17.9 Å². The van der Waals surface area contributed by atoms with Gasteiger partial charge in [-0.2, -0.15) is 4.31 Å². The molecule has 2 aromatic carbocycles. The highest BCUT2D eigenvalue weighted by Crippen LogP contribution is 2.37. The second-order valence-electron chi connectivity index (χ2n) is 8.94. The van der Waals surface area contributed by atoms with Crippen molar-refractivity contribution in [2.45, 2.75) is 57.9 Å². The first-order valence-electron chi connectivity index (χ1n) is 10.8. The minimum Gasteiger partial charge on any atom is -0.309 e. The molecular weight excluding hydrogens is 476 g/mol. The molecule has 2 aliphatic rings.